The number of aliphatic carboxylic acids is 1. The first-order valence-corrected chi connectivity index (χ1v) is 7.21. The Bertz CT molecular complexity index is 818. The number of nitrogens with one attached hydrogen (secondary N) is 1. The molecule has 0 radical (unpaired) electrons. The van der Waals surface area contributed by atoms with Crippen LogP contribution in [0.25, 0.3) is 11.4 Å². The van der Waals surface area contributed by atoms with Gasteiger partial charge in [-0.05, 0) is 41.5 Å². The van der Waals surface area contributed by atoms with Gasteiger partial charge >= 0.3 is 5.97 Å². The van der Waals surface area contributed by atoms with Crippen molar-refractivity contribution in [1.82, 2.24) is 20.6 Å². The van der Waals surface area contributed by atoms with E-state index in [1.54, 1.807) is 30.3 Å². The van der Waals surface area contributed by atoms with Crippen molar-refractivity contribution in [2.24, 2.45) is 5.73 Å². The molecule has 3 rings (SSSR count). The fourth-order valence-corrected chi connectivity index (χ4v) is 2.15. The monoisotopic (exact) mass is 325 g/mol. The summed E-state index contributed by atoms with van der Waals surface area (Å²) in [4.78, 5) is 10.8. The summed E-state index contributed by atoms with van der Waals surface area (Å²) in [5.41, 5.74) is 7.14. The maximum Gasteiger partial charge on any atom is 0.320 e. The molecule has 0 saturated heterocycles. The smallest absolute Gasteiger partial charge is 0.320 e. The predicted octanol–water partition coefficient (Wildman–Crippen LogP) is 1.61. The van der Waals surface area contributed by atoms with Gasteiger partial charge in [0, 0.05) is 5.56 Å². The van der Waals surface area contributed by atoms with Crippen LogP contribution in [0.5, 0.6) is 11.5 Å². The second-order valence-corrected chi connectivity index (χ2v) is 5.16. The highest BCUT2D eigenvalue weighted by molar-refractivity contribution is 5.73. The van der Waals surface area contributed by atoms with E-state index in [-0.39, 0.29) is 6.42 Å². The average Bonchev–Trinajstić information content (AvgIpc) is 3.11. The van der Waals surface area contributed by atoms with Crippen molar-refractivity contribution in [2.45, 2.75) is 12.5 Å². The quantitative estimate of drug-likeness (QED) is 0.628. The highest BCUT2D eigenvalue weighted by atomic mass is 16.5. The number of nitrogens with zero attached hydrogens (tertiary/aromatic N) is 3. The first-order valence-electron chi connectivity index (χ1n) is 7.21. The Morgan fingerprint density at radius 2 is 2.00 bits per heavy atom. The van der Waals surface area contributed by atoms with Crippen molar-refractivity contribution in [3.63, 3.8) is 0 Å². The molecular formula is C16H15N5O3. The summed E-state index contributed by atoms with van der Waals surface area (Å²) in [5.74, 6) is 0.729. The Morgan fingerprint density at radius 1 is 1.21 bits per heavy atom. The van der Waals surface area contributed by atoms with Crippen LogP contribution < -0.4 is 10.5 Å². The molecule has 0 aliphatic rings. The minimum Gasteiger partial charge on any atom is -0.480 e. The molecule has 0 amide bonds. The van der Waals surface area contributed by atoms with Crippen molar-refractivity contribution in [3.8, 4) is 22.9 Å². The molecule has 1 heterocycles. The molecule has 122 valence electrons. The van der Waals surface area contributed by atoms with Crippen LogP contribution >= 0.6 is 0 Å². The molecule has 8 nitrogen and oxygen atoms in total. The molecule has 0 aliphatic carbocycles. The lowest BCUT2D eigenvalue weighted by Crippen LogP contribution is -2.32. The first-order chi connectivity index (χ1) is 11.6. The number of hydrogen-bond donors (Lipinski definition) is 3. The fourth-order valence-electron chi connectivity index (χ4n) is 2.15. The van der Waals surface area contributed by atoms with Crippen LogP contribution in [-0.2, 0) is 11.2 Å². The number of aromatic nitrogens is 4. The van der Waals surface area contributed by atoms with E-state index < -0.39 is 12.0 Å². The molecule has 0 bridgehead atoms. The number of carbonyl (C=O) groups is 1. The third kappa shape index (κ3) is 3.73. The lowest BCUT2D eigenvalue weighted by molar-refractivity contribution is -0.138. The van der Waals surface area contributed by atoms with Gasteiger partial charge in [-0.15, -0.1) is 10.2 Å². The number of rotatable bonds is 6. The van der Waals surface area contributed by atoms with E-state index >= 15 is 0 Å². The summed E-state index contributed by atoms with van der Waals surface area (Å²) in [6.45, 7) is 0. The number of benzene rings is 2. The topological polar surface area (TPSA) is 127 Å². The van der Waals surface area contributed by atoms with Crippen LogP contribution in [-0.4, -0.2) is 37.7 Å². The van der Waals surface area contributed by atoms with E-state index in [0.717, 1.165) is 11.1 Å². The van der Waals surface area contributed by atoms with E-state index in [9.17, 15) is 4.79 Å². The molecule has 0 aliphatic heterocycles. The summed E-state index contributed by atoms with van der Waals surface area (Å²) in [5, 5.41) is 22.6. The first kappa shape index (κ1) is 15.6. The number of carboxylic acid groups (broad SMARTS) is 1. The Morgan fingerprint density at radius 3 is 2.67 bits per heavy atom. The largest absolute Gasteiger partial charge is 0.480 e. The third-order valence-corrected chi connectivity index (χ3v) is 3.37. The summed E-state index contributed by atoms with van der Waals surface area (Å²) in [7, 11) is 0. The van der Waals surface area contributed by atoms with Crippen LogP contribution in [0.4, 0.5) is 0 Å². The molecule has 0 fully saturated rings. The Hall–Kier alpha value is -3.26. The van der Waals surface area contributed by atoms with Gasteiger partial charge in [0.2, 0.25) is 5.82 Å². The Balaban J connectivity index is 1.70. The van der Waals surface area contributed by atoms with Gasteiger partial charge in [-0.1, -0.05) is 24.3 Å². The van der Waals surface area contributed by atoms with E-state index in [1.165, 1.54) is 0 Å². The van der Waals surface area contributed by atoms with E-state index in [1.807, 2.05) is 18.2 Å². The van der Waals surface area contributed by atoms with Crippen LogP contribution in [0.15, 0.2) is 48.5 Å². The molecule has 4 N–H and O–H groups in total. The number of nitrogens with two attached hydrogens (primary N) is 1. The minimum absolute atomic E-state index is 0.267. The second-order valence-electron chi connectivity index (χ2n) is 5.16. The van der Waals surface area contributed by atoms with Crippen molar-refractivity contribution in [2.75, 3.05) is 0 Å². The summed E-state index contributed by atoms with van der Waals surface area (Å²) in [6.07, 6.45) is 0.267. The number of hydrogen-bond acceptors (Lipinski definition) is 6. The number of carboxylic acids is 1. The molecule has 24 heavy (non-hydrogen) atoms. The van der Waals surface area contributed by atoms with Gasteiger partial charge < -0.3 is 15.6 Å². The lowest BCUT2D eigenvalue weighted by atomic mass is 10.1. The van der Waals surface area contributed by atoms with Crippen LogP contribution in [0, 0.1) is 0 Å². The number of aromatic amines is 1. The summed E-state index contributed by atoms with van der Waals surface area (Å²) >= 11 is 0. The van der Waals surface area contributed by atoms with E-state index in [4.69, 9.17) is 15.6 Å². The number of H-pyrrole nitrogens is 1. The van der Waals surface area contributed by atoms with Crippen LogP contribution in [0.2, 0.25) is 0 Å². The zero-order valence-corrected chi connectivity index (χ0v) is 12.6. The van der Waals surface area contributed by atoms with Crippen molar-refractivity contribution < 1.29 is 14.6 Å². The van der Waals surface area contributed by atoms with E-state index in [2.05, 4.69) is 20.6 Å². The average molecular weight is 325 g/mol. The zero-order valence-electron chi connectivity index (χ0n) is 12.6. The minimum atomic E-state index is -1.02. The molecule has 3 aromatic rings. The maximum absolute atomic E-state index is 10.8. The van der Waals surface area contributed by atoms with Gasteiger partial charge in [0.15, 0.2) is 0 Å². The number of ether oxygens (including phenoxy) is 1. The fraction of sp³-hybridized carbons (Fsp3) is 0.125. The van der Waals surface area contributed by atoms with Gasteiger partial charge in [0.1, 0.15) is 17.5 Å². The van der Waals surface area contributed by atoms with Crippen molar-refractivity contribution in [3.05, 3.63) is 54.1 Å². The van der Waals surface area contributed by atoms with Gasteiger partial charge in [-0.25, -0.2) is 0 Å². The van der Waals surface area contributed by atoms with Gasteiger partial charge in [-0.3, -0.25) is 4.79 Å². The second kappa shape index (κ2) is 6.88. The SMILES string of the molecule is NC(Cc1ccc(Oc2cccc(-c3nn[nH]n3)c2)cc1)C(=O)O. The highest BCUT2D eigenvalue weighted by Gasteiger charge is 2.12. The normalized spacial score (nSPS) is 11.9. The third-order valence-electron chi connectivity index (χ3n) is 3.37. The standard InChI is InChI=1S/C16H15N5O3/c17-14(16(22)23)8-10-4-6-12(7-5-10)24-13-3-1-2-11(9-13)15-18-20-21-19-15/h1-7,9,14H,8,17H2,(H,22,23)(H,18,19,20,21). The van der Waals surface area contributed by atoms with E-state index in [0.29, 0.717) is 17.3 Å². The molecule has 1 atom stereocenters. The predicted molar refractivity (Wildman–Crippen MR) is 85.4 cm³/mol. The Kier molecular flexibility index (Phi) is 4.48. The molecule has 1 unspecified atom stereocenters. The molecule has 8 heteroatoms. The summed E-state index contributed by atoms with van der Waals surface area (Å²) in [6, 6.07) is 13.5. The van der Waals surface area contributed by atoms with Crippen LogP contribution in [0.3, 0.4) is 0 Å². The Labute approximate surface area is 137 Å². The summed E-state index contributed by atoms with van der Waals surface area (Å²) < 4.78 is 5.79. The highest BCUT2D eigenvalue weighted by Crippen LogP contribution is 2.25. The molecular weight excluding hydrogens is 310 g/mol. The zero-order chi connectivity index (χ0) is 16.9. The van der Waals surface area contributed by atoms with Gasteiger partial charge in [-0.2, -0.15) is 5.21 Å². The van der Waals surface area contributed by atoms with Gasteiger partial charge in [0.05, 0.1) is 0 Å². The number of tetrazole rings is 1. The molecule has 0 spiro atoms. The van der Waals surface area contributed by atoms with Crippen molar-refractivity contribution >= 4 is 5.97 Å². The molecule has 1 aromatic heterocycles. The molecule has 0 saturated carbocycles. The van der Waals surface area contributed by atoms with Gasteiger partial charge in [0.25, 0.3) is 0 Å². The lowest BCUT2D eigenvalue weighted by Gasteiger charge is -2.09. The molecule has 2 aromatic carbocycles. The van der Waals surface area contributed by atoms with Crippen molar-refractivity contribution in [1.29, 1.82) is 0 Å². The van der Waals surface area contributed by atoms with Crippen LogP contribution in [0.1, 0.15) is 5.56 Å². The maximum atomic E-state index is 10.8.